The zero-order valence-electron chi connectivity index (χ0n) is 9.07. The highest BCUT2D eigenvalue weighted by Gasteiger charge is 2.08. The van der Waals surface area contributed by atoms with Crippen LogP contribution in [0.1, 0.15) is 6.42 Å². The molecule has 0 atom stereocenters. The summed E-state index contributed by atoms with van der Waals surface area (Å²) in [4.78, 5) is 11.3. The van der Waals surface area contributed by atoms with E-state index >= 15 is 0 Å². The zero-order chi connectivity index (χ0) is 12.4. The summed E-state index contributed by atoms with van der Waals surface area (Å²) in [6.45, 7) is 0. The molecule has 1 N–H and O–H groups in total. The Kier molecular flexibility index (Phi) is 2.98. The first-order chi connectivity index (χ1) is 8.10. The van der Waals surface area contributed by atoms with Crippen molar-refractivity contribution in [2.75, 3.05) is 5.32 Å². The van der Waals surface area contributed by atoms with Gasteiger partial charge < -0.3 is 5.32 Å². The molecule has 0 bridgehead atoms. The van der Waals surface area contributed by atoms with Crippen LogP contribution in [0.2, 0.25) is 5.02 Å². The van der Waals surface area contributed by atoms with E-state index in [1.165, 1.54) is 0 Å². The average Bonchev–Trinajstić information content (AvgIpc) is 2.58. The summed E-state index contributed by atoms with van der Waals surface area (Å²) in [5.74, 6) is -0.377. The molecule has 0 saturated heterocycles. The number of hydrogen-bond acceptors (Lipinski definition) is 3. The van der Waals surface area contributed by atoms with E-state index in [1.807, 2.05) is 13.2 Å². The second kappa shape index (κ2) is 4.44. The van der Waals surface area contributed by atoms with E-state index in [4.69, 9.17) is 16.9 Å². The monoisotopic (exact) mass is 248 g/mol. The van der Waals surface area contributed by atoms with E-state index in [0.29, 0.717) is 10.7 Å². The Morgan fingerprint density at radius 3 is 3.12 bits per heavy atom. The number of carbonyl (C=O) groups excluding carboxylic acids is 1. The van der Waals surface area contributed by atoms with Gasteiger partial charge in [0.2, 0.25) is 5.91 Å². The van der Waals surface area contributed by atoms with Crippen LogP contribution in [-0.2, 0) is 11.8 Å². The Bertz CT molecular complexity index is 626. The third-order valence-electron chi connectivity index (χ3n) is 2.22. The largest absolute Gasteiger partial charge is 0.324 e. The van der Waals surface area contributed by atoms with Gasteiger partial charge >= 0.3 is 0 Å². The maximum atomic E-state index is 11.3. The zero-order valence-corrected chi connectivity index (χ0v) is 9.82. The lowest BCUT2D eigenvalue weighted by Gasteiger charge is -2.04. The van der Waals surface area contributed by atoms with E-state index < -0.39 is 0 Å². The molecule has 0 aliphatic carbocycles. The summed E-state index contributed by atoms with van der Waals surface area (Å²) in [5.41, 5.74) is 1.25. The van der Waals surface area contributed by atoms with Crippen molar-refractivity contribution in [2.45, 2.75) is 6.42 Å². The fourth-order valence-electron chi connectivity index (χ4n) is 1.53. The number of rotatable bonds is 2. The second-order valence-electron chi connectivity index (χ2n) is 3.58. The number of aryl methyl sites for hydroxylation is 1. The number of carbonyl (C=O) groups is 1. The smallest absolute Gasteiger partial charge is 0.238 e. The number of aromatic nitrogens is 2. The Hall–Kier alpha value is -2.06. The topological polar surface area (TPSA) is 70.7 Å². The maximum absolute atomic E-state index is 11.3. The molecule has 0 aliphatic heterocycles. The van der Waals surface area contributed by atoms with Gasteiger partial charge in [0.15, 0.2) is 0 Å². The van der Waals surface area contributed by atoms with Crippen LogP contribution < -0.4 is 5.32 Å². The second-order valence-corrected chi connectivity index (χ2v) is 3.98. The van der Waals surface area contributed by atoms with Gasteiger partial charge in [0.05, 0.1) is 22.3 Å². The van der Waals surface area contributed by atoms with Gasteiger partial charge in [-0.25, -0.2) is 0 Å². The van der Waals surface area contributed by atoms with E-state index in [2.05, 4.69) is 10.4 Å². The minimum Gasteiger partial charge on any atom is -0.324 e. The molecule has 2 rings (SSSR count). The number of benzene rings is 1. The van der Waals surface area contributed by atoms with Crippen molar-refractivity contribution in [1.82, 2.24) is 9.78 Å². The first kappa shape index (κ1) is 11.4. The van der Waals surface area contributed by atoms with Crippen LogP contribution in [0.4, 0.5) is 5.69 Å². The van der Waals surface area contributed by atoms with Crippen LogP contribution in [0.3, 0.4) is 0 Å². The normalized spacial score (nSPS) is 10.2. The molecule has 0 saturated carbocycles. The molecular formula is C11H9ClN4O. The molecule has 5 nitrogen and oxygen atoms in total. The van der Waals surface area contributed by atoms with Crippen LogP contribution >= 0.6 is 11.6 Å². The molecule has 1 amide bonds. The SMILES string of the molecule is Cn1cc2cc(NC(=O)CC#N)c(Cl)cc2n1. The highest BCUT2D eigenvalue weighted by atomic mass is 35.5. The quantitative estimate of drug-likeness (QED) is 0.885. The predicted molar refractivity (Wildman–Crippen MR) is 64.6 cm³/mol. The molecule has 2 aromatic rings. The molecule has 0 spiro atoms. The molecule has 0 fully saturated rings. The van der Waals surface area contributed by atoms with Gasteiger partial charge in [-0.1, -0.05) is 11.6 Å². The van der Waals surface area contributed by atoms with Gasteiger partial charge in [-0.2, -0.15) is 10.4 Å². The van der Waals surface area contributed by atoms with Crippen molar-refractivity contribution in [3.63, 3.8) is 0 Å². The van der Waals surface area contributed by atoms with E-state index in [0.717, 1.165) is 10.9 Å². The van der Waals surface area contributed by atoms with Crippen LogP contribution in [0.25, 0.3) is 10.9 Å². The predicted octanol–water partition coefficient (Wildman–Crippen LogP) is 2.08. The minimum atomic E-state index is -0.377. The third-order valence-corrected chi connectivity index (χ3v) is 2.53. The molecule has 0 unspecified atom stereocenters. The highest BCUT2D eigenvalue weighted by Crippen LogP contribution is 2.27. The average molecular weight is 249 g/mol. The molecule has 86 valence electrons. The fourth-order valence-corrected chi connectivity index (χ4v) is 1.74. The van der Waals surface area contributed by atoms with Crippen LogP contribution in [-0.4, -0.2) is 15.7 Å². The number of nitrogens with one attached hydrogen (secondary N) is 1. The Balaban J connectivity index is 2.37. The van der Waals surface area contributed by atoms with Crippen molar-refractivity contribution in [1.29, 1.82) is 5.26 Å². The molecule has 0 radical (unpaired) electrons. The summed E-state index contributed by atoms with van der Waals surface area (Å²) in [6.07, 6.45) is 1.63. The van der Waals surface area contributed by atoms with Crippen molar-refractivity contribution >= 4 is 34.1 Å². The highest BCUT2D eigenvalue weighted by molar-refractivity contribution is 6.34. The van der Waals surface area contributed by atoms with E-state index in [9.17, 15) is 4.79 Å². The molecule has 1 heterocycles. The van der Waals surface area contributed by atoms with Crippen LogP contribution in [0.15, 0.2) is 18.3 Å². The lowest BCUT2D eigenvalue weighted by molar-refractivity contribution is -0.115. The summed E-state index contributed by atoms with van der Waals surface area (Å²) in [5, 5.41) is 16.5. The van der Waals surface area contributed by atoms with Gasteiger partial charge in [0.1, 0.15) is 6.42 Å². The van der Waals surface area contributed by atoms with E-state index in [1.54, 1.807) is 22.9 Å². The van der Waals surface area contributed by atoms with Gasteiger partial charge in [-0.3, -0.25) is 9.48 Å². The Labute approximate surface area is 103 Å². The molecular weight excluding hydrogens is 240 g/mol. The minimum absolute atomic E-state index is 0.193. The maximum Gasteiger partial charge on any atom is 0.238 e. The molecule has 6 heteroatoms. The Morgan fingerprint density at radius 1 is 1.65 bits per heavy atom. The number of fused-ring (bicyclic) bond motifs is 1. The van der Waals surface area contributed by atoms with Gasteiger partial charge in [0.25, 0.3) is 0 Å². The lowest BCUT2D eigenvalue weighted by Crippen LogP contribution is -2.10. The van der Waals surface area contributed by atoms with Gasteiger partial charge in [-0.15, -0.1) is 0 Å². The standard InChI is InChI=1S/C11H9ClN4O/c1-16-6-7-4-10(14-11(17)2-3-13)8(12)5-9(7)15-16/h4-6H,2H2,1H3,(H,14,17). The van der Waals surface area contributed by atoms with E-state index in [-0.39, 0.29) is 12.3 Å². The van der Waals surface area contributed by atoms with Crippen molar-refractivity contribution in [3.05, 3.63) is 23.4 Å². The molecule has 1 aromatic carbocycles. The first-order valence-corrected chi connectivity index (χ1v) is 5.27. The number of amides is 1. The summed E-state index contributed by atoms with van der Waals surface area (Å²) in [6, 6.07) is 5.19. The molecule has 17 heavy (non-hydrogen) atoms. The number of nitriles is 1. The summed E-state index contributed by atoms with van der Waals surface area (Å²) >= 11 is 6.01. The van der Waals surface area contributed by atoms with Crippen molar-refractivity contribution < 1.29 is 4.79 Å². The lowest BCUT2D eigenvalue weighted by atomic mass is 10.2. The number of anilines is 1. The Morgan fingerprint density at radius 2 is 2.41 bits per heavy atom. The first-order valence-electron chi connectivity index (χ1n) is 4.90. The van der Waals surface area contributed by atoms with Gasteiger partial charge in [-0.05, 0) is 12.1 Å². The summed E-state index contributed by atoms with van der Waals surface area (Å²) in [7, 11) is 1.81. The third kappa shape index (κ3) is 2.37. The van der Waals surface area contributed by atoms with Crippen LogP contribution in [0.5, 0.6) is 0 Å². The molecule has 0 aliphatic rings. The van der Waals surface area contributed by atoms with Crippen LogP contribution in [0, 0.1) is 11.3 Å². The number of halogens is 1. The number of nitrogens with zero attached hydrogens (tertiary/aromatic N) is 3. The van der Waals surface area contributed by atoms with Gasteiger partial charge in [0, 0.05) is 18.6 Å². The van der Waals surface area contributed by atoms with Crippen molar-refractivity contribution in [2.24, 2.45) is 7.05 Å². The summed E-state index contributed by atoms with van der Waals surface area (Å²) < 4.78 is 1.67. The molecule has 1 aromatic heterocycles. The number of hydrogen-bond donors (Lipinski definition) is 1. The van der Waals surface area contributed by atoms with Crippen molar-refractivity contribution in [3.8, 4) is 6.07 Å². The fraction of sp³-hybridized carbons (Fsp3) is 0.182.